The molecule has 0 aliphatic carbocycles. The second-order valence-corrected chi connectivity index (χ2v) is 5.24. The van der Waals surface area contributed by atoms with Gasteiger partial charge >= 0.3 is 5.97 Å². The Morgan fingerprint density at radius 3 is 2.62 bits per heavy atom. The Morgan fingerprint density at radius 2 is 2.00 bits per heavy atom. The minimum absolute atomic E-state index is 0.213. The number of nitrogens with one attached hydrogen (secondary N) is 2. The molecule has 3 aromatic rings. The summed E-state index contributed by atoms with van der Waals surface area (Å²) >= 11 is 0. The van der Waals surface area contributed by atoms with E-state index >= 15 is 0 Å². The molecule has 3 N–H and O–H groups in total. The summed E-state index contributed by atoms with van der Waals surface area (Å²) in [6.45, 7) is 3.53. The minimum Gasteiger partial charge on any atom is -0.479 e. The van der Waals surface area contributed by atoms with Crippen LogP contribution < -0.4 is 5.32 Å². The SMILES string of the molecule is Cc1n[nH]c(C)c1[C@H](Nc1nccc(-c2ccccn2)n1)C(=O)O. The zero-order valence-corrected chi connectivity index (χ0v) is 13.2. The summed E-state index contributed by atoms with van der Waals surface area (Å²) < 4.78 is 0. The monoisotopic (exact) mass is 324 g/mol. The number of nitrogens with zero attached hydrogens (tertiary/aromatic N) is 4. The number of carboxylic acids is 1. The third-order valence-electron chi connectivity index (χ3n) is 3.58. The number of aromatic nitrogens is 5. The largest absolute Gasteiger partial charge is 0.479 e. The van der Waals surface area contributed by atoms with Crippen molar-refractivity contribution in [3.63, 3.8) is 0 Å². The number of hydrogen-bond acceptors (Lipinski definition) is 6. The maximum atomic E-state index is 11.7. The normalized spacial score (nSPS) is 11.9. The second-order valence-electron chi connectivity index (χ2n) is 5.24. The summed E-state index contributed by atoms with van der Waals surface area (Å²) in [5.74, 6) is -0.819. The molecule has 8 nitrogen and oxygen atoms in total. The molecule has 3 heterocycles. The molecule has 0 amide bonds. The van der Waals surface area contributed by atoms with E-state index in [-0.39, 0.29) is 5.95 Å². The van der Waals surface area contributed by atoms with Crippen LogP contribution in [0.3, 0.4) is 0 Å². The van der Waals surface area contributed by atoms with E-state index in [2.05, 4.69) is 30.5 Å². The average molecular weight is 324 g/mol. The highest BCUT2D eigenvalue weighted by Crippen LogP contribution is 2.24. The fourth-order valence-corrected chi connectivity index (χ4v) is 2.46. The van der Waals surface area contributed by atoms with Crippen LogP contribution in [-0.2, 0) is 4.79 Å². The Kier molecular flexibility index (Phi) is 4.19. The first kappa shape index (κ1) is 15.6. The van der Waals surface area contributed by atoms with Crippen molar-refractivity contribution in [2.75, 3.05) is 5.32 Å². The van der Waals surface area contributed by atoms with Crippen molar-refractivity contribution in [2.24, 2.45) is 0 Å². The summed E-state index contributed by atoms with van der Waals surface area (Å²) in [6, 6.07) is 6.22. The molecule has 8 heteroatoms. The van der Waals surface area contributed by atoms with Gasteiger partial charge in [-0.2, -0.15) is 5.10 Å². The van der Waals surface area contributed by atoms with Gasteiger partial charge in [0.2, 0.25) is 5.95 Å². The number of H-pyrrole nitrogens is 1. The molecule has 0 bridgehead atoms. The van der Waals surface area contributed by atoms with E-state index in [0.29, 0.717) is 28.3 Å². The highest BCUT2D eigenvalue weighted by molar-refractivity contribution is 5.79. The Bertz CT molecular complexity index is 843. The first-order valence-electron chi connectivity index (χ1n) is 7.31. The molecule has 1 atom stereocenters. The van der Waals surface area contributed by atoms with Gasteiger partial charge in [-0.05, 0) is 32.0 Å². The van der Waals surface area contributed by atoms with Crippen LogP contribution in [0, 0.1) is 13.8 Å². The van der Waals surface area contributed by atoms with Gasteiger partial charge in [-0.1, -0.05) is 6.07 Å². The number of aryl methyl sites for hydroxylation is 2. The van der Waals surface area contributed by atoms with Crippen LogP contribution in [0.25, 0.3) is 11.4 Å². The zero-order valence-electron chi connectivity index (χ0n) is 13.2. The highest BCUT2D eigenvalue weighted by atomic mass is 16.4. The van der Waals surface area contributed by atoms with Gasteiger partial charge in [-0.15, -0.1) is 0 Å². The number of aliphatic carboxylic acids is 1. The van der Waals surface area contributed by atoms with Crippen LogP contribution in [0.2, 0.25) is 0 Å². The summed E-state index contributed by atoms with van der Waals surface area (Å²) in [6.07, 6.45) is 3.23. The highest BCUT2D eigenvalue weighted by Gasteiger charge is 2.26. The van der Waals surface area contributed by atoms with E-state index in [4.69, 9.17) is 0 Å². The molecule has 0 radical (unpaired) electrons. The molecule has 0 aromatic carbocycles. The number of hydrogen-bond donors (Lipinski definition) is 3. The smallest absolute Gasteiger partial charge is 0.331 e. The van der Waals surface area contributed by atoms with Crippen molar-refractivity contribution in [2.45, 2.75) is 19.9 Å². The van der Waals surface area contributed by atoms with E-state index in [0.717, 1.165) is 0 Å². The minimum atomic E-state index is -1.03. The number of pyridine rings is 1. The molecule has 0 spiro atoms. The van der Waals surface area contributed by atoms with Crippen molar-refractivity contribution in [3.05, 3.63) is 53.6 Å². The van der Waals surface area contributed by atoms with Crippen molar-refractivity contribution < 1.29 is 9.90 Å². The Balaban J connectivity index is 1.93. The van der Waals surface area contributed by atoms with Crippen LogP contribution in [0.5, 0.6) is 0 Å². The van der Waals surface area contributed by atoms with Gasteiger partial charge in [0, 0.05) is 23.7 Å². The molecule has 3 rings (SSSR count). The number of rotatable bonds is 5. The topological polar surface area (TPSA) is 117 Å². The lowest BCUT2D eigenvalue weighted by atomic mass is 10.1. The van der Waals surface area contributed by atoms with Crippen LogP contribution in [-0.4, -0.2) is 36.2 Å². The van der Waals surface area contributed by atoms with Crippen molar-refractivity contribution >= 4 is 11.9 Å². The van der Waals surface area contributed by atoms with Crippen LogP contribution in [0.1, 0.15) is 23.0 Å². The Hall–Kier alpha value is -3.29. The second kappa shape index (κ2) is 6.45. The van der Waals surface area contributed by atoms with Gasteiger partial charge in [0.05, 0.1) is 17.1 Å². The van der Waals surface area contributed by atoms with Gasteiger partial charge in [-0.25, -0.2) is 14.8 Å². The molecule has 0 unspecified atom stereocenters. The predicted molar refractivity (Wildman–Crippen MR) is 87.3 cm³/mol. The maximum absolute atomic E-state index is 11.7. The van der Waals surface area contributed by atoms with E-state index < -0.39 is 12.0 Å². The Morgan fingerprint density at radius 1 is 1.17 bits per heavy atom. The number of anilines is 1. The lowest BCUT2D eigenvalue weighted by Crippen LogP contribution is -2.23. The number of aromatic amines is 1. The predicted octanol–water partition coefficient (Wildman–Crippen LogP) is 2.12. The quantitative estimate of drug-likeness (QED) is 0.658. The molecular weight excluding hydrogens is 308 g/mol. The first-order valence-corrected chi connectivity index (χ1v) is 7.31. The summed E-state index contributed by atoms with van der Waals surface area (Å²) in [4.78, 5) is 24.4. The molecular formula is C16H16N6O2. The van der Waals surface area contributed by atoms with Gasteiger partial charge in [0.15, 0.2) is 6.04 Å². The third kappa shape index (κ3) is 3.07. The molecule has 0 aliphatic rings. The van der Waals surface area contributed by atoms with Crippen molar-refractivity contribution in [3.8, 4) is 11.4 Å². The lowest BCUT2D eigenvalue weighted by Gasteiger charge is -2.15. The van der Waals surface area contributed by atoms with Crippen molar-refractivity contribution in [1.82, 2.24) is 25.1 Å². The molecule has 3 aromatic heterocycles. The van der Waals surface area contributed by atoms with Crippen LogP contribution in [0.15, 0.2) is 36.7 Å². The van der Waals surface area contributed by atoms with E-state index in [9.17, 15) is 9.90 Å². The first-order chi connectivity index (χ1) is 11.6. The maximum Gasteiger partial charge on any atom is 0.331 e. The van der Waals surface area contributed by atoms with Gasteiger partial charge < -0.3 is 10.4 Å². The molecule has 122 valence electrons. The molecule has 0 saturated carbocycles. The fourth-order valence-electron chi connectivity index (χ4n) is 2.46. The van der Waals surface area contributed by atoms with Gasteiger partial charge in [0.1, 0.15) is 0 Å². The van der Waals surface area contributed by atoms with Crippen molar-refractivity contribution in [1.29, 1.82) is 0 Å². The third-order valence-corrected chi connectivity index (χ3v) is 3.58. The zero-order chi connectivity index (χ0) is 17.1. The Labute approximate surface area is 138 Å². The average Bonchev–Trinajstić information content (AvgIpc) is 2.92. The van der Waals surface area contributed by atoms with Gasteiger partial charge in [0.25, 0.3) is 0 Å². The van der Waals surface area contributed by atoms with E-state index in [1.54, 1.807) is 32.3 Å². The lowest BCUT2D eigenvalue weighted by molar-refractivity contribution is -0.138. The van der Waals surface area contributed by atoms with Gasteiger partial charge in [-0.3, -0.25) is 10.1 Å². The summed E-state index contributed by atoms with van der Waals surface area (Å²) in [5.41, 5.74) is 3.18. The van der Waals surface area contributed by atoms with Crippen LogP contribution >= 0.6 is 0 Å². The molecule has 0 fully saturated rings. The van der Waals surface area contributed by atoms with E-state index in [1.807, 2.05) is 18.2 Å². The van der Waals surface area contributed by atoms with E-state index in [1.165, 1.54) is 0 Å². The molecule has 24 heavy (non-hydrogen) atoms. The number of carbonyl (C=O) groups is 1. The standard InChI is InChI=1S/C16H16N6O2/c1-9-13(10(2)22-21-9)14(15(23)24)20-16-18-8-6-12(19-16)11-5-3-4-7-17-11/h3-8,14H,1-2H3,(H,21,22)(H,23,24)(H,18,19,20)/t14-/m0/s1. The molecule has 0 aliphatic heterocycles. The number of carboxylic acid groups (broad SMARTS) is 1. The molecule has 0 saturated heterocycles. The van der Waals surface area contributed by atoms with Crippen LogP contribution in [0.4, 0.5) is 5.95 Å². The summed E-state index contributed by atoms with van der Waals surface area (Å²) in [5, 5.41) is 19.3. The summed E-state index contributed by atoms with van der Waals surface area (Å²) in [7, 11) is 0. The fraction of sp³-hybridized carbons (Fsp3) is 0.188.